The van der Waals surface area contributed by atoms with Crippen molar-refractivity contribution in [2.45, 2.75) is 90.0 Å². The Balaban J connectivity index is 1.46. The third-order valence-corrected chi connectivity index (χ3v) is 8.44. The predicted octanol–water partition coefficient (Wildman–Crippen LogP) is 6.74. The lowest BCUT2D eigenvalue weighted by Gasteiger charge is -2.36. The van der Waals surface area contributed by atoms with Crippen LogP contribution in [-0.4, -0.2) is 60.1 Å². The number of piperazine rings is 1. The van der Waals surface area contributed by atoms with Crippen LogP contribution in [0.15, 0.2) is 53.0 Å². The summed E-state index contributed by atoms with van der Waals surface area (Å²) >= 11 is 8.98. The highest BCUT2D eigenvalue weighted by Gasteiger charge is 2.34. The summed E-state index contributed by atoms with van der Waals surface area (Å²) in [5, 5.41) is 5.60. The maximum absolute atomic E-state index is 13.3. The fourth-order valence-electron chi connectivity index (χ4n) is 5.12. The molecule has 44 heavy (non-hydrogen) atoms. The van der Waals surface area contributed by atoms with Crippen molar-refractivity contribution in [3.63, 3.8) is 0 Å². The number of thiocarbonyl (C=S) groups is 1. The Morgan fingerprint density at radius 1 is 0.977 bits per heavy atom. The number of nitrogens with zero attached hydrogens (tertiary/aromatic N) is 1. The number of carbonyl (C=O) groups excluding carboxylic acids is 3. The van der Waals surface area contributed by atoms with Crippen molar-refractivity contribution in [1.82, 2.24) is 15.5 Å². The van der Waals surface area contributed by atoms with Crippen LogP contribution in [0.3, 0.4) is 0 Å². The van der Waals surface area contributed by atoms with Crippen LogP contribution >= 0.6 is 28.1 Å². The number of ether oxygens (including phenoxy) is 2. The first kappa shape index (κ1) is 35.5. The summed E-state index contributed by atoms with van der Waals surface area (Å²) in [7, 11) is 0. The SMILES string of the molecule is CCCCCCCCCCCCOC(=O)CC1C(=O)NCCN1C(=S)NC(=O)c1cc(Br)ccc1OCCc1ccccc1. The molecule has 1 aliphatic rings. The Hall–Kier alpha value is -2.98. The second-order valence-corrected chi connectivity index (χ2v) is 12.4. The quantitative estimate of drug-likeness (QED) is 0.102. The number of hydrogen-bond donors (Lipinski definition) is 2. The van der Waals surface area contributed by atoms with Gasteiger partial charge in [-0.15, -0.1) is 0 Å². The highest BCUT2D eigenvalue weighted by Crippen LogP contribution is 2.24. The molecule has 0 saturated carbocycles. The number of rotatable bonds is 18. The number of unbranched alkanes of at least 4 members (excludes halogenated alkanes) is 9. The molecule has 0 aliphatic carbocycles. The molecular weight excluding hydrogens is 642 g/mol. The van der Waals surface area contributed by atoms with Crippen molar-refractivity contribution in [2.75, 3.05) is 26.3 Å². The van der Waals surface area contributed by atoms with E-state index < -0.39 is 17.9 Å². The van der Waals surface area contributed by atoms with Gasteiger partial charge >= 0.3 is 5.97 Å². The van der Waals surface area contributed by atoms with Crippen LogP contribution < -0.4 is 15.4 Å². The van der Waals surface area contributed by atoms with E-state index in [1.165, 1.54) is 44.9 Å². The molecule has 2 amide bonds. The fourth-order valence-corrected chi connectivity index (χ4v) is 5.79. The largest absolute Gasteiger partial charge is 0.492 e. The van der Waals surface area contributed by atoms with E-state index in [-0.39, 0.29) is 17.4 Å². The highest BCUT2D eigenvalue weighted by molar-refractivity contribution is 9.10. The first-order chi connectivity index (χ1) is 21.4. The number of halogens is 1. The number of amides is 2. The summed E-state index contributed by atoms with van der Waals surface area (Å²) < 4.78 is 12.1. The molecule has 10 heteroatoms. The third kappa shape index (κ3) is 12.6. The van der Waals surface area contributed by atoms with E-state index in [2.05, 4.69) is 33.5 Å². The van der Waals surface area contributed by atoms with Gasteiger partial charge in [0.15, 0.2) is 5.11 Å². The molecule has 2 N–H and O–H groups in total. The second-order valence-electron chi connectivity index (χ2n) is 11.1. The molecule has 2 aromatic carbocycles. The number of benzene rings is 2. The van der Waals surface area contributed by atoms with E-state index in [1.807, 2.05) is 30.3 Å². The van der Waals surface area contributed by atoms with E-state index in [0.29, 0.717) is 48.5 Å². The maximum Gasteiger partial charge on any atom is 0.308 e. The molecule has 1 aliphatic heterocycles. The van der Waals surface area contributed by atoms with Crippen LogP contribution in [0.5, 0.6) is 5.75 Å². The lowest BCUT2D eigenvalue weighted by atomic mass is 10.1. The molecule has 1 saturated heterocycles. The first-order valence-electron chi connectivity index (χ1n) is 15.9. The molecule has 2 aromatic rings. The number of esters is 1. The van der Waals surface area contributed by atoms with E-state index in [9.17, 15) is 14.4 Å². The van der Waals surface area contributed by atoms with Crippen molar-refractivity contribution in [3.05, 3.63) is 64.1 Å². The minimum atomic E-state index is -0.860. The van der Waals surface area contributed by atoms with Crippen LogP contribution in [0.1, 0.15) is 93.5 Å². The standard InChI is InChI=1S/C34H46BrN3O5S/c1-2-3-4-5-6-7-8-9-10-14-22-43-31(39)25-29-33(41)36-20-21-38(29)34(44)37-32(40)28-24-27(35)17-18-30(28)42-23-19-26-15-12-11-13-16-26/h11-13,15-18,24,29H,2-10,14,19-23,25H2,1H3,(H,36,41)(H,37,40,44). The summed E-state index contributed by atoms with van der Waals surface area (Å²) in [5.41, 5.74) is 1.44. The molecule has 1 fully saturated rings. The molecule has 1 heterocycles. The molecule has 1 atom stereocenters. The van der Waals surface area contributed by atoms with Crippen LogP contribution in [0, 0.1) is 0 Å². The summed E-state index contributed by atoms with van der Waals surface area (Å²) in [5.74, 6) is -0.813. The smallest absolute Gasteiger partial charge is 0.308 e. The Labute approximate surface area is 275 Å². The van der Waals surface area contributed by atoms with E-state index in [0.717, 1.165) is 24.8 Å². The molecule has 0 radical (unpaired) electrons. The fraction of sp³-hybridized carbons (Fsp3) is 0.529. The molecular formula is C34H46BrN3O5S. The maximum atomic E-state index is 13.3. The van der Waals surface area contributed by atoms with Crippen molar-refractivity contribution in [1.29, 1.82) is 0 Å². The van der Waals surface area contributed by atoms with E-state index >= 15 is 0 Å². The molecule has 0 spiro atoms. The Morgan fingerprint density at radius 2 is 1.66 bits per heavy atom. The van der Waals surface area contributed by atoms with E-state index in [1.54, 1.807) is 23.1 Å². The number of nitrogens with one attached hydrogen (secondary N) is 2. The minimum Gasteiger partial charge on any atom is -0.492 e. The van der Waals surface area contributed by atoms with Crippen molar-refractivity contribution in [2.24, 2.45) is 0 Å². The van der Waals surface area contributed by atoms with Crippen LogP contribution in [0.25, 0.3) is 0 Å². The zero-order valence-corrected chi connectivity index (χ0v) is 28.2. The topological polar surface area (TPSA) is 97.0 Å². The van der Waals surface area contributed by atoms with Gasteiger partial charge in [-0.3, -0.25) is 19.7 Å². The number of carbonyl (C=O) groups is 3. The Kier molecular flexibility index (Phi) is 16.2. The molecule has 3 rings (SSSR count). The van der Waals surface area contributed by atoms with Crippen molar-refractivity contribution < 1.29 is 23.9 Å². The lowest BCUT2D eigenvalue weighted by Crippen LogP contribution is -2.60. The summed E-state index contributed by atoms with van der Waals surface area (Å²) in [6.45, 7) is 3.67. The van der Waals surface area contributed by atoms with Gasteiger partial charge in [0.05, 0.1) is 25.2 Å². The summed E-state index contributed by atoms with van der Waals surface area (Å²) in [6, 6.07) is 14.3. The molecule has 0 bridgehead atoms. The van der Waals surface area contributed by atoms with Gasteiger partial charge < -0.3 is 19.7 Å². The lowest BCUT2D eigenvalue weighted by molar-refractivity contribution is -0.147. The minimum absolute atomic E-state index is 0.0764. The van der Waals surface area contributed by atoms with Gasteiger partial charge in [-0.1, -0.05) is 111 Å². The van der Waals surface area contributed by atoms with Crippen LogP contribution in [0.4, 0.5) is 0 Å². The average Bonchev–Trinajstić information content (AvgIpc) is 3.02. The second kappa shape index (κ2) is 20.1. The number of hydrogen-bond acceptors (Lipinski definition) is 6. The molecule has 240 valence electrons. The van der Waals surface area contributed by atoms with Gasteiger partial charge in [-0.05, 0) is 42.4 Å². The molecule has 1 unspecified atom stereocenters. The van der Waals surface area contributed by atoms with Gasteiger partial charge in [0.25, 0.3) is 5.91 Å². The van der Waals surface area contributed by atoms with Crippen LogP contribution in [-0.2, 0) is 20.7 Å². The molecule has 0 aromatic heterocycles. The van der Waals surface area contributed by atoms with Gasteiger partial charge in [0.2, 0.25) is 5.91 Å². The Bertz CT molecular complexity index is 1210. The Morgan fingerprint density at radius 3 is 2.36 bits per heavy atom. The first-order valence-corrected chi connectivity index (χ1v) is 17.1. The van der Waals surface area contributed by atoms with Crippen molar-refractivity contribution in [3.8, 4) is 5.75 Å². The summed E-state index contributed by atoms with van der Waals surface area (Å²) in [6.07, 6.45) is 12.5. The third-order valence-electron chi connectivity index (χ3n) is 7.61. The van der Waals surface area contributed by atoms with Gasteiger partial charge in [0, 0.05) is 24.0 Å². The van der Waals surface area contributed by atoms with Crippen LogP contribution in [0.2, 0.25) is 0 Å². The van der Waals surface area contributed by atoms with Gasteiger partial charge in [0.1, 0.15) is 11.8 Å². The van der Waals surface area contributed by atoms with Crippen molar-refractivity contribution >= 4 is 51.0 Å². The normalized spacial score (nSPS) is 14.5. The van der Waals surface area contributed by atoms with Gasteiger partial charge in [-0.25, -0.2) is 0 Å². The highest BCUT2D eigenvalue weighted by atomic mass is 79.9. The predicted molar refractivity (Wildman–Crippen MR) is 181 cm³/mol. The van der Waals surface area contributed by atoms with Gasteiger partial charge in [-0.2, -0.15) is 0 Å². The monoisotopic (exact) mass is 687 g/mol. The van der Waals surface area contributed by atoms with E-state index in [4.69, 9.17) is 21.7 Å². The summed E-state index contributed by atoms with van der Waals surface area (Å²) in [4.78, 5) is 40.3. The average molecular weight is 689 g/mol. The molecule has 8 nitrogen and oxygen atoms in total. The zero-order valence-electron chi connectivity index (χ0n) is 25.8. The zero-order chi connectivity index (χ0) is 31.6.